The van der Waals surface area contributed by atoms with Crippen LogP contribution in [0.25, 0.3) is 0 Å². The summed E-state index contributed by atoms with van der Waals surface area (Å²) in [4.78, 5) is 33.7. The average Bonchev–Trinajstić information content (AvgIpc) is 2.98. The molecule has 2 N–H and O–H groups in total. The van der Waals surface area contributed by atoms with Crippen molar-refractivity contribution < 1.29 is 9.59 Å². The maximum atomic E-state index is 12.3. The van der Waals surface area contributed by atoms with Gasteiger partial charge in [0.05, 0.1) is 12.2 Å². The van der Waals surface area contributed by atoms with E-state index in [2.05, 4.69) is 32.7 Å². The Balaban J connectivity index is 1.38. The van der Waals surface area contributed by atoms with Crippen molar-refractivity contribution in [2.45, 2.75) is 20.4 Å². The Bertz CT molecular complexity index is 765. The standard InChI is InChI=1S/C19H25N5O2S/c1-14-15(2)27-18(21-14)22-17(25)12-20-19(26)24-10-8-23(9-11-24)13-16-6-4-3-5-7-16/h3-7H,8-13H2,1-2H3,(H,20,26)(H,21,22,25). The number of thiazole rings is 1. The van der Waals surface area contributed by atoms with E-state index >= 15 is 0 Å². The Hall–Kier alpha value is -2.45. The topological polar surface area (TPSA) is 77.6 Å². The van der Waals surface area contributed by atoms with Crippen LogP contribution in [0, 0.1) is 13.8 Å². The first kappa shape index (κ1) is 19.3. The zero-order valence-electron chi connectivity index (χ0n) is 15.7. The maximum absolute atomic E-state index is 12.3. The molecular weight excluding hydrogens is 362 g/mol. The molecule has 8 heteroatoms. The monoisotopic (exact) mass is 387 g/mol. The summed E-state index contributed by atoms with van der Waals surface area (Å²) in [6.45, 7) is 7.67. The molecular formula is C19H25N5O2S. The molecule has 0 spiro atoms. The van der Waals surface area contributed by atoms with Crippen LogP contribution in [-0.2, 0) is 11.3 Å². The lowest BCUT2D eigenvalue weighted by Gasteiger charge is -2.34. The second-order valence-electron chi connectivity index (χ2n) is 6.62. The van der Waals surface area contributed by atoms with Crippen LogP contribution in [0.2, 0.25) is 0 Å². The summed E-state index contributed by atoms with van der Waals surface area (Å²) in [5.74, 6) is -0.264. The molecule has 1 aliphatic heterocycles. The SMILES string of the molecule is Cc1nc(NC(=O)CNC(=O)N2CCN(Cc3ccccc3)CC2)sc1C. The maximum Gasteiger partial charge on any atom is 0.317 e. The average molecular weight is 388 g/mol. The van der Waals surface area contributed by atoms with E-state index in [0.717, 1.165) is 30.2 Å². The molecule has 0 unspecified atom stereocenters. The van der Waals surface area contributed by atoms with Gasteiger partial charge in [-0.25, -0.2) is 9.78 Å². The van der Waals surface area contributed by atoms with Crippen LogP contribution in [0.15, 0.2) is 30.3 Å². The highest BCUT2D eigenvalue weighted by Crippen LogP contribution is 2.20. The molecule has 3 amide bonds. The third-order valence-electron chi connectivity index (χ3n) is 4.58. The quantitative estimate of drug-likeness (QED) is 0.825. The number of benzene rings is 1. The lowest BCUT2D eigenvalue weighted by atomic mass is 10.2. The van der Waals surface area contributed by atoms with Gasteiger partial charge in [0.25, 0.3) is 0 Å². The number of nitrogens with zero attached hydrogens (tertiary/aromatic N) is 3. The summed E-state index contributed by atoms with van der Waals surface area (Å²) in [5.41, 5.74) is 2.19. The number of aryl methyl sites for hydroxylation is 2. The number of anilines is 1. The van der Waals surface area contributed by atoms with Crippen LogP contribution in [0.5, 0.6) is 0 Å². The number of amides is 3. The van der Waals surface area contributed by atoms with Crippen LogP contribution in [-0.4, -0.2) is 59.4 Å². The third-order valence-corrected chi connectivity index (χ3v) is 5.57. The largest absolute Gasteiger partial charge is 0.329 e. The van der Waals surface area contributed by atoms with Crippen LogP contribution in [0.4, 0.5) is 9.93 Å². The summed E-state index contributed by atoms with van der Waals surface area (Å²) in [6, 6.07) is 10.1. The highest BCUT2D eigenvalue weighted by atomic mass is 32.1. The molecule has 144 valence electrons. The minimum Gasteiger partial charge on any atom is -0.329 e. The molecule has 0 atom stereocenters. The lowest BCUT2D eigenvalue weighted by molar-refractivity contribution is -0.115. The summed E-state index contributed by atoms with van der Waals surface area (Å²) in [6.07, 6.45) is 0. The zero-order chi connectivity index (χ0) is 19.2. The minimum absolute atomic E-state index is 0.0548. The predicted molar refractivity (Wildman–Crippen MR) is 107 cm³/mol. The number of nitrogens with one attached hydrogen (secondary N) is 2. The third kappa shape index (κ3) is 5.51. The number of hydrogen-bond donors (Lipinski definition) is 2. The van der Waals surface area contributed by atoms with Crippen LogP contribution < -0.4 is 10.6 Å². The Morgan fingerprint density at radius 2 is 1.81 bits per heavy atom. The van der Waals surface area contributed by atoms with E-state index in [0.29, 0.717) is 18.2 Å². The second kappa shape index (κ2) is 8.96. The van der Waals surface area contributed by atoms with Gasteiger partial charge in [-0.3, -0.25) is 9.69 Å². The van der Waals surface area contributed by atoms with Crippen LogP contribution in [0.3, 0.4) is 0 Å². The van der Waals surface area contributed by atoms with Gasteiger partial charge in [-0.1, -0.05) is 30.3 Å². The van der Waals surface area contributed by atoms with Gasteiger partial charge in [0.2, 0.25) is 5.91 Å². The first-order valence-corrected chi connectivity index (χ1v) is 9.86. The molecule has 3 rings (SSSR count). The van der Waals surface area contributed by atoms with Crippen molar-refractivity contribution in [3.8, 4) is 0 Å². The summed E-state index contributed by atoms with van der Waals surface area (Å²) in [7, 11) is 0. The Morgan fingerprint density at radius 1 is 1.11 bits per heavy atom. The smallest absolute Gasteiger partial charge is 0.317 e. The normalized spacial score (nSPS) is 14.8. The van der Waals surface area contributed by atoms with E-state index in [1.165, 1.54) is 16.9 Å². The second-order valence-corrected chi connectivity index (χ2v) is 7.82. The molecule has 0 bridgehead atoms. The summed E-state index contributed by atoms with van der Waals surface area (Å²) >= 11 is 1.43. The van der Waals surface area contributed by atoms with Gasteiger partial charge in [-0.05, 0) is 19.4 Å². The van der Waals surface area contributed by atoms with Crippen molar-refractivity contribution in [3.05, 3.63) is 46.5 Å². The molecule has 1 fully saturated rings. The molecule has 0 aliphatic carbocycles. The van der Waals surface area contributed by atoms with Gasteiger partial charge in [-0.15, -0.1) is 11.3 Å². The van der Waals surface area contributed by atoms with E-state index in [1.807, 2.05) is 32.0 Å². The van der Waals surface area contributed by atoms with Crippen molar-refractivity contribution in [1.29, 1.82) is 0 Å². The molecule has 7 nitrogen and oxygen atoms in total. The number of urea groups is 1. The highest BCUT2D eigenvalue weighted by molar-refractivity contribution is 7.15. The van der Waals surface area contributed by atoms with Gasteiger partial charge in [0.15, 0.2) is 5.13 Å². The van der Waals surface area contributed by atoms with E-state index in [4.69, 9.17) is 0 Å². The molecule has 1 aromatic heterocycles. The van der Waals surface area contributed by atoms with Gasteiger partial charge in [0.1, 0.15) is 0 Å². The van der Waals surface area contributed by atoms with Gasteiger partial charge >= 0.3 is 6.03 Å². The molecule has 1 aromatic carbocycles. The van der Waals surface area contributed by atoms with Gasteiger partial charge in [0, 0.05) is 37.6 Å². The fraction of sp³-hybridized carbons (Fsp3) is 0.421. The molecule has 2 heterocycles. The fourth-order valence-corrected chi connectivity index (χ4v) is 3.74. The number of carbonyl (C=O) groups is 2. The predicted octanol–water partition coefficient (Wildman–Crippen LogP) is 2.23. The van der Waals surface area contributed by atoms with Crippen molar-refractivity contribution in [2.75, 3.05) is 38.0 Å². The van der Waals surface area contributed by atoms with E-state index in [-0.39, 0.29) is 18.5 Å². The first-order chi connectivity index (χ1) is 13.0. The fourth-order valence-electron chi connectivity index (χ4n) is 2.91. The van der Waals surface area contributed by atoms with Crippen molar-refractivity contribution in [1.82, 2.24) is 20.1 Å². The van der Waals surface area contributed by atoms with E-state index in [1.54, 1.807) is 4.90 Å². The number of aromatic nitrogens is 1. The molecule has 0 radical (unpaired) electrons. The highest BCUT2D eigenvalue weighted by Gasteiger charge is 2.21. The van der Waals surface area contributed by atoms with E-state index < -0.39 is 0 Å². The van der Waals surface area contributed by atoms with Crippen molar-refractivity contribution >= 4 is 28.4 Å². The summed E-state index contributed by atoms with van der Waals surface area (Å²) < 4.78 is 0. The zero-order valence-corrected chi connectivity index (χ0v) is 16.5. The minimum atomic E-state index is -0.264. The number of hydrogen-bond acceptors (Lipinski definition) is 5. The summed E-state index contributed by atoms with van der Waals surface area (Å²) in [5, 5.41) is 5.98. The van der Waals surface area contributed by atoms with Crippen molar-refractivity contribution in [2.24, 2.45) is 0 Å². The molecule has 1 aliphatic rings. The number of piperazine rings is 1. The van der Waals surface area contributed by atoms with Crippen molar-refractivity contribution in [3.63, 3.8) is 0 Å². The molecule has 27 heavy (non-hydrogen) atoms. The van der Waals surface area contributed by atoms with E-state index in [9.17, 15) is 9.59 Å². The lowest BCUT2D eigenvalue weighted by Crippen LogP contribution is -2.52. The number of rotatable bonds is 5. The Morgan fingerprint density at radius 3 is 2.44 bits per heavy atom. The van der Waals surface area contributed by atoms with Gasteiger partial charge < -0.3 is 15.5 Å². The van der Waals surface area contributed by atoms with Crippen LogP contribution in [0.1, 0.15) is 16.1 Å². The number of carbonyl (C=O) groups excluding carboxylic acids is 2. The van der Waals surface area contributed by atoms with Crippen LogP contribution >= 0.6 is 11.3 Å². The Kier molecular flexibility index (Phi) is 6.41. The first-order valence-electron chi connectivity index (χ1n) is 9.04. The molecule has 1 saturated heterocycles. The molecule has 0 saturated carbocycles. The molecule has 2 aromatic rings. The Labute approximate surface area is 163 Å². The van der Waals surface area contributed by atoms with Gasteiger partial charge in [-0.2, -0.15) is 0 Å².